The Bertz CT molecular complexity index is 677. The molecule has 0 radical (unpaired) electrons. The van der Waals surface area contributed by atoms with Gasteiger partial charge in [0.05, 0.1) is 0 Å². The van der Waals surface area contributed by atoms with Crippen LogP contribution in [0.1, 0.15) is 64.5 Å². The Morgan fingerprint density at radius 3 is 2.75 bits per heavy atom. The molecule has 3 atom stereocenters. The van der Waals surface area contributed by atoms with Gasteiger partial charge in [-0.05, 0) is 71.5 Å². The summed E-state index contributed by atoms with van der Waals surface area (Å²) < 4.78 is 0. The van der Waals surface area contributed by atoms with Crippen molar-refractivity contribution >= 4 is 5.69 Å². The van der Waals surface area contributed by atoms with Crippen LogP contribution in [0.3, 0.4) is 0 Å². The number of likely N-dealkylation sites (tertiary alicyclic amines) is 1. The van der Waals surface area contributed by atoms with Gasteiger partial charge >= 0.3 is 0 Å². The molecular weight excluding hydrogens is 296 g/mol. The molecule has 130 valence electrons. The first-order valence-corrected chi connectivity index (χ1v) is 9.50. The number of nitrogens with zero attached hydrogens (tertiary/aromatic N) is 2. The third-order valence-electron chi connectivity index (χ3n) is 7.20. The molecule has 1 aromatic rings. The summed E-state index contributed by atoms with van der Waals surface area (Å²) >= 11 is 0. The first kappa shape index (κ1) is 16.3. The van der Waals surface area contributed by atoms with Gasteiger partial charge in [-0.25, -0.2) is 0 Å². The number of benzene rings is 1. The molecule has 3 unspecified atom stereocenters. The van der Waals surface area contributed by atoms with Crippen molar-refractivity contribution in [3.63, 3.8) is 0 Å². The molecule has 0 aromatic heterocycles. The average molecular weight is 326 g/mol. The Kier molecular flexibility index (Phi) is 3.48. The molecule has 0 N–H and O–H groups in total. The minimum Gasteiger partial charge on any atom is -0.299 e. The number of rotatable bonds is 2. The fourth-order valence-corrected chi connectivity index (χ4v) is 6.25. The molecule has 24 heavy (non-hydrogen) atoms. The Hall–Kier alpha value is -1.22. The van der Waals surface area contributed by atoms with Crippen LogP contribution in [0.25, 0.3) is 0 Å². The molecule has 1 heterocycles. The summed E-state index contributed by atoms with van der Waals surface area (Å²) in [5.41, 5.74) is 4.45. The lowest BCUT2D eigenvalue weighted by Gasteiger charge is -2.61. The standard InChI is InChI=1S/C21H30N2O/c1-19(2,3)14-23-11-10-21-9-5-8-20(21,4)18(23)12-15-6-7-16(22-24)13-17(15)21/h6-7,13,18H,5,8-12,14H2,1-4H3. The van der Waals surface area contributed by atoms with Crippen molar-refractivity contribution in [3.8, 4) is 0 Å². The summed E-state index contributed by atoms with van der Waals surface area (Å²) in [5, 5.41) is 3.22. The number of hydrogen-bond donors (Lipinski definition) is 0. The van der Waals surface area contributed by atoms with Crippen LogP contribution in [-0.2, 0) is 11.8 Å². The zero-order valence-corrected chi connectivity index (χ0v) is 15.6. The van der Waals surface area contributed by atoms with Gasteiger partial charge in [0.2, 0.25) is 0 Å². The highest BCUT2D eigenvalue weighted by Gasteiger charge is 2.62. The summed E-state index contributed by atoms with van der Waals surface area (Å²) in [6.07, 6.45) is 6.26. The van der Waals surface area contributed by atoms with Gasteiger partial charge in [-0.15, -0.1) is 4.91 Å². The smallest absolute Gasteiger partial charge is 0.108 e. The molecule has 0 amide bonds. The number of hydrogen-bond acceptors (Lipinski definition) is 3. The summed E-state index contributed by atoms with van der Waals surface area (Å²) in [5.74, 6) is 0. The van der Waals surface area contributed by atoms with Gasteiger partial charge in [0.15, 0.2) is 0 Å². The highest BCUT2D eigenvalue weighted by atomic mass is 16.3. The van der Waals surface area contributed by atoms with Crippen LogP contribution >= 0.6 is 0 Å². The van der Waals surface area contributed by atoms with Gasteiger partial charge in [0.25, 0.3) is 0 Å². The molecule has 3 heteroatoms. The largest absolute Gasteiger partial charge is 0.299 e. The van der Waals surface area contributed by atoms with Crippen molar-refractivity contribution in [2.45, 2.75) is 71.3 Å². The van der Waals surface area contributed by atoms with Crippen molar-refractivity contribution in [3.05, 3.63) is 34.2 Å². The molecule has 2 bridgehead atoms. The normalized spacial score (nSPS) is 35.4. The monoisotopic (exact) mass is 326 g/mol. The molecule has 4 rings (SSSR count). The molecule has 1 saturated carbocycles. The summed E-state index contributed by atoms with van der Waals surface area (Å²) in [6, 6.07) is 6.83. The van der Waals surface area contributed by atoms with Crippen molar-refractivity contribution in [1.29, 1.82) is 0 Å². The van der Waals surface area contributed by atoms with Gasteiger partial charge < -0.3 is 0 Å². The van der Waals surface area contributed by atoms with E-state index in [0.717, 1.165) is 6.42 Å². The summed E-state index contributed by atoms with van der Waals surface area (Å²) in [4.78, 5) is 13.9. The van der Waals surface area contributed by atoms with E-state index in [0.29, 0.717) is 22.6 Å². The minimum absolute atomic E-state index is 0.264. The van der Waals surface area contributed by atoms with Gasteiger partial charge in [0.1, 0.15) is 5.69 Å². The fraction of sp³-hybridized carbons (Fsp3) is 0.714. The highest BCUT2D eigenvalue weighted by molar-refractivity contribution is 5.52. The maximum Gasteiger partial charge on any atom is 0.108 e. The Morgan fingerprint density at radius 2 is 2.04 bits per heavy atom. The molecule has 0 spiro atoms. The molecule has 1 aromatic carbocycles. The summed E-state index contributed by atoms with van der Waals surface area (Å²) in [6.45, 7) is 12.0. The second-order valence-corrected chi connectivity index (χ2v) is 9.79. The zero-order valence-electron chi connectivity index (χ0n) is 15.6. The number of nitroso groups, excluding NO2 is 1. The molecule has 2 fully saturated rings. The minimum atomic E-state index is 0.264. The summed E-state index contributed by atoms with van der Waals surface area (Å²) in [7, 11) is 0. The van der Waals surface area contributed by atoms with E-state index < -0.39 is 0 Å². The van der Waals surface area contributed by atoms with Gasteiger partial charge in [-0.3, -0.25) is 4.90 Å². The molecule has 2 aliphatic carbocycles. The third kappa shape index (κ3) is 2.13. The lowest BCUT2D eigenvalue weighted by Crippen LogP contribution is -2.64. The molecular formula is C21H30N2O. The topological polar surface area (TPSA) is 32.7 Å². The van der Waals surface area contributed by atoms with Crippen LogP contribution in [0.4, 0.5) is 5.69 Å². The van der Waals surface area contributed by atoms with Crippen molar-refractivity contribution in [2.24, 2.45) is 16.0 Å². The van der Waals surface area contributed by atoms with Crippen LogP contribution in [0.15, 0.2) is 23.4 Å². The Morgan fingerprint density at radius 1 is 1.25 bits per heavy atom. The van der Waals surface area contributed by atoms with Crippen LogP contribution in [0.5, 0.6) is 0 Å². The van der Waals surface area contributed by atoms with Gasteiger partial charge in [0, 0.05) is 18.0 Å². The number of piperidine rings is 1. The maximum absolute atomic E-state index is 11.1. The van der Waals surface area contributed by atoms with Crippen LogP contribution in [0.2, 0.25) is 0 Å². The third-order valence-corrected chi connectivity index (χ3v) is 7.20. The van der Waals surface area contributed by atoms with Crippen LogP contribution < -0.4 is 0 Å². The molecule has 3 nitrogen and oxygen atoms in total. The second-order valence-electron chi connectivity index (χ2n) is 9.79. The predicted octanol–water partition coefficient (Wildman–Crippen LogP) is 5.19. The lowest BCUT2D eigenvalue weighted by molar-refractivity contribution is -0.0507. The Balaban J connectivity index is 1.82. The van der Waals surface area contributed by atoms with E-state index in [4.69, 9.17) is 0 Å². The van der Waals surface area contributed by atoms with E-state index in [1.54, 1.807) is 0 Å². The highest BCUT2D eigenvalue weighted by Crippen LogP contribution is 2.65. The first-order valence-electron chi connectivity index (χ1n) is 9.50. The molecule has 1 aliphatic heterocycles. The molecule has 3 aliphatic rings. The Labute approximate surface area is 145 Å². The quantitative estimate of drug-likeness (QED) is 0.701. The van der Waals surface area contributed by atoms with E-state index >= 15 is 0 Å². The maximum atomic E-state index is 11.1. The lowest BCUT2D eigenvalue weighted by atomic mass is 9.51. The van der Waals surface area contributed by atoms with E-state index in [1.165, 1.54) is 49.9 Å². The van der Waals surface area contributed by atoms with Crippen molar-refractivity contribution < 1.29 is 0 Å². The number of fused-ring (bicyclic) bond motifs is 1. The van der Waals surface area contributed by atoms with Crippen molar-refractivity contribution in [2.75, 3.05) is 13.1 Å². The zero-order chi connectivity index (χ0) is 17.2. The fourth-order valence-electron chi connectivity index (χ4n) is 6.25. The van der Waals surface area contributed by atoms with Gasteiger partial charge in [-0.1, -0.05) is 40.2 Å². The van der Waals surface area contributed by atoms with Crippen LogP contribution in [0, 0.1) is 15.7 Å². The predicted molar refractivity (Wildman–Crippen MR) is 98.7 cm³/mol. The van der Waals surface area contributed by atoms with E-state index in [-0.39, 0.29) is 5.41 Å². The SMILES string of the molecule is CC(C)(C)CN1CCC23CCCC2(C)C1Cc1ccc(N=O)cc13. The first-order chi connectivity index (χ1) is 11.3. The van der Waals surface area contributed by atoms with E-state index in [1.807, 2.05) is 6.07 Å². The second kappa shape index (κ2) is 5.14. The molecule has 1 saturated heterocycles. The average Bonchev–Trinajstić information content (AvgIpc) is 2.88. The van der Waals surface area contributed by atoms with Gasteiger partial charge in [-0.2, -0.15) is 0 Å². The van der Waals surface area contributed by atoms with E-state index in [2.05, 4.69) is 49.9 Å². The van der Waals surface area contributed by atoms with E-state index in [9.17, 15) is 4.91 Å². The van der Waals surface area contributed by atoms with Crippen LogP contribution in [-0.4, -0.2) is 24.0 Å². The van der Waals surface area contributed by atoms with Crippen molar-refractivity contribution in [1.82, 2.24) is 4.90 Å².